The summed E-state index contributed by atoms with van der Waals surface area (Å²) in [7, 11) is 12.5. The lowest BCUT2D eigenvalue weighted by Gasteiger charge is -2.05. The maximum atomic E-state index is 13.7. The van der Waals surface area contributed by atoms with E-state index in [1.54, 1.807) is 113 Å². The van der Waals surface area contributed by atoms with Crippen molar-refractivity contribution in [2.45, 2.75) is 53.2 Å². The van der Waals surface area contributed by atoms with Crippen LogP contribution in [0.2, 0.25) is 0 Å². The third kappa shape index (κ3) is 18.3. The van der Waals surface area contributed by atoms with Gasteiger partial charge in [0.1, 0.15) is 136 Å². The normalized spacial score (nSPS) is 11.1. The number of nitrogens with one attached hydrogen (secondary N) is 1. The summed E-state index contributed by atoms with van der Waals surface area (Å²) in [5.41, 5.74) is 55.0. The molecule has 0 saturated heterocycles. The molecule has 5 aromatic carbocycles. The zero-order valence-electron chi connectivity index (χ0n) is 69.7. The molecular formula is C84H86F3N37O4. The summed E-state index contributed by atoms with van der Waals surface area (Å²) in [5.74, 6) is 6.34. The van der Waals surface area contributed by atoms with E-state index in [0.29, 0.717) is 159 Å². The van der Waals surface area contributed by atoms with Gasteiger partial charge in [-0.15, -0.1) is 0 Å². The average molecular weight is 1730 g/mol. The fourth-order valence-electron chi connectivity index (χ4n) is 13.7. The topological polar surface area (TPSA) is 597 Å². The molecule has 0 atom stereocenters. The number of hydrogen-bond donors (Lipinski definition) is 12. The van der Waals surface area contributed by atoms with Crippen molar-refractivity contribution in [2.75, 3.05) is 46.7 Å². The highest BCUT2D eigenvalue weighted by atomic mass is 19.1. The Morgan fingerprint density at radius 2 is 0.805 bits per heavy atom. The minimum Gasteiger partial charge on any atom is -0.505 e. The predicted octanol–water partition coefficient (Wildman–Crippen LogP) is 8.44. The zero-order chi connectivity index (χ0) is 90.4. The predicted molar refractivity (Wildman–Crippen MR) is 479 cm³/mol. The van der Waals surface area contributed by atoms with Crippen LogP contribution in [0, 0.1) is 36.2 Å². The summed E-state index contributed by atoms with van der Waals surface area (Å²) in [6.07, 6.45) is 12.9. The standard InChI is InChI=1S/C13H12FN5.C13H11N7.C13H13N5O.C12H10FN5O.C12H10FN5.C11H13N5O.C9H13N5O.CH4/c1-7-3-4-8(5-9(7)14)11-10-12(15)16-6-17-13(10)19(2)18-11;1-20-13-10(12(14)15-6-16-13)11(19-20)7-3-2-4-9-8(7)5-17-18-9;1-18-13-10(12(14)15-7-16-13)11(17-18)9-5-3-2-4-8(9)6-19;1-18-12-9(11(14)15-5-16-12)10(17-18)6-2-3-7(13)8(19)4-6;1-18-12-9(11(14)15-6-16-12)10(17-18)7-3-2-4-8(13)5-7;1-11(2,17)5-4-7-8-9(12)13-6-14-10(8)16(3)15-7;1-14-9-7(8(10)11-5-12-9)6(13-14)3-2-4-15;/h3-6H,1-2H3,(H2,15,16,17);2-6H,1H3,(H,17,18)(H2,14,15,16);2-5,7,19H,6H2,1H3,(H2,14,15,16);2-5,19H,1H3,(H2,14,15,16);2-6H,1H3,(H2,14,15,16);6,17H,1-3H3,(H2,12,13,14);5,15H,2-4H2,1H3,(H2,10,11,12);1H4. The number of phenols is 1. The Kier molecular flexibility index (Phi) is 26.0. The van der Waals surface area contributed by atoms with Crippen LogP contribution in [0.3, 0.4) is 0 Å². The number of H-pyrrole nitrogens is 1. The Hall–Kier alpha value is -17.0. The van der Waals surface area contributed by atoms with E-state index in [0.717, 1.165) is 55.4 Å². The van der Waals surface area contributed by atoms with Crippen LogP contribution in [0.15, 0.2) is 154 Å². The Balaban J connectivity index is 0.000000128. The van der Waals surface area contributed by atoms with Gasteiger partial charge in [-0.25, -0.2) is 111 Å². The van der Waals surface area contributed by atoms with Crippen molar-refractivity contribution in [3.8, 4) is 73.9 Å². The van der Waals surface area contributed by atoms with E-state index < -0.39 is 17.2 Å². The number of nitrogens with zero attached hydrogens (tertiary/aromatic N) is 29. The molecule has 0 spiro atoms. The van der Waals surface area contributed by atoms with Crippen molar-refractivity contribution in [3.05, 3.63) is 194 Å². The van der Waals surface area contributed by atoms with Gasteiger partial charge in [-0.1, -0.05) is 74.0 Å². The third-order valence-electron chi connectivity index (χ3n) is 19.6. The molecule has 0 aliphatic heterocycles. The number of anilines is 7. The molecule has 0 unspecified atom stereocenters. The maximum Gasteiger partial charge on any atom is 0.164 e. The number of aliphatic hydroxyl groups is 3. The second kappa shape index (κ2) is 37.4. The first-order valence-corrected chi connectivity index (χ1v) is 38.4. The number of nitrogens with two attached hydrogens (primary N) is 7. The highest BCUT2D eigenvalue weighted by molar-refractivity contribution is 6.06. The summed E-state index contributed by atoms with van der Waals surface area (Å²) in [6.45, 7) is 5.01. The molecule has 0 bridgehead atoms. The number of halogens is 3. The molecule has 15 aromatic heterocycles. The number of rotatable bonds is 9. The number of aromatic nitrogens is 30. The van der Waals surface area contributed by atoms with Crippen molar-refractivity contribution >= 4 is 129 Å². The average Bonchev–Trinajstić information content (AvgIpc) is 1.58. The number of aromatic amines is 1. The number of fused-ring (bicyclic) bond motifs is 8. The smallest absolute Gasteiger partial charge is 0.164 e. The van der Waals surface area contributed by atoms with Gasteiger partial charge in [0.15, 0.2) is 51.1 Å². The Labute approximate surface area is 724 Å². The molecule has 19 N–H and O–H groups in total. The molecule has 0 saturated carbocycles. The first kappa shape index (κ1) is 88.8. The van der Waals surface area contributed by atoms with Crippen LogP contribution < -0.4 is 40.1 Å². The molecule has 44 heteroatoms. The van der Waals surface area contributed by atoms with Gasteiger partial charge in [0.25, 0.3) is 0 Å². The summed E-state index contributed by atoms with van der Waals surface area (Å²) < 4.78 is 51.4. The minimum absolute atomic E-state index is 0. The van der Waals surface area contributed by atoms with Gasteiger partial charge in [-0.3, -0.25) is 9.78 Å². The molecule has 41 nitrogen and oxygen atoms in total. The van der Waals surface area contributed by atoms with Crippen LogP contribution in [-0.2, 0) is 62.4 Å². The van der Waals surface area contributed by atoms with Gasteiger partial charge in [0.2, 0.25) is 0 Å². The van der Waals surface area contributed by atoms with Crippen LogP contribution in [0.5, 0.6) is 5.75 Å². The number of hydrogen-bond acceptors (Lipinski definition) is 33. The first-order valence-electron chi connectivity index (χ1n) is 38.4. The van der Waals surface area contributed by atoms with E-state index in [1.165, 1.54) is 80.7 Å². The van der Waals surface area contributed by atoms with Crippen LogP contribution in [0.25, 0.3) is 144 Å². The van der Waals surface area contributed by atoms with Crippen LogP contribution in [-0.4, -0.2) is 181 Å². The second-order valence-corrected chi connectivity index (χ2v) is 28.8. The second-order valence-electron chi connectivity index (χ2n) is 28.8. The summed E-state index contributed by atoms with van der Waals surface area (Å²) in [4.78, 5) is 56.8. The molecule has 15 heterocycles. The Morgan fingerprint density at radius 3 is 1.27 bits per heavy atom. The molecule has 20 rings (SSSR count). The molecular weight excluding hydrogens is 1650 g/mol. The number of aromatic hydroxyl groups is 1. The fraction of sp³-hybridized carbons (Fsp3) is 0.190. The van der Waals surface area contributed by atoms with Crippen LogP contribution in [0.4, 0.5) is 53.9 Å². The number of benzene rings is 5. The van der Waals surface area contributed by atoms with Crippen molar-refractivity contribution in [1.82, 2.24) is 148 Å². The van der Waals surface area contributed by atoms with E-state index >= 15 is 0 Å². The zero-order valence-corrected chi connectivity index (χ0v) is 69.7. The number of phenolic OH excluding ortho intramolecular Hbond substituents is 1. The monoisotopic (exact) mass is 1730 g/mol. The van der Waals surface area contributed by atoms with Gasteiger partial charge in [0, 0.05) is 89.1 Å². The Bertz CT molecular complexity index is 7430. The number of aryl methyl sites for hydroxylation is 9. The molecule has 0 aliphatic carbocycles. The van der Waals surface area contributed by atoms with Gasteiger partial charge < -0.3 is 60.6 Å². The van der Waals surface area contributed by atoms with Crippen LogP contribution >= 0.6 is 0 Å². The van der Waals surface area contributed by atoms with E-state index in [4.69, 9.17) is 45.2 Å². The van der Waals surface area contributed by atoms with Crippen molar-refractivity contribution in [2.24, 2.45) is 49.3 Å². The molecule has 652 valence electrons. The lowest BCUT2D eigenvalue weighted by Crippen LogP contribution is -2.14. The van der Waals surface area contributed by atoms with Gasteiger partial charge in [-0.2, -0.15) is 40.8 Å². The van der Waals surface area contributed by atoms with E-state index in [-0.39, 0.29) is 38.1 Å². The van der Waals surface area contributed by atoms with Gasteiger partial charge in [0.05, 0.1) is 61.7 Å². The highest BCUT2D eigenvalue weighted by Gasteiger charge is 2.24. The van der Waals surface area contributed by atoms with Gasteiger partial charge in [-0.05, 0) is 93.1 Å². The van der Waals surface area contributed by atoms with Crippen molar-refractivity contribution in [1.29, 1.82) is 0 Å². The minimum atomic E-state index is -1.08. The van der Waals surface area contributed by atoms with Crippen molar-refractivity contribution in [3.63, 3.8) is 0 Å². The molecule has 0 fully saturated rings. The van der Waals surface area contributed by atoms with E-state index in [9.17, 15) is 28.5 Å². The largest absolute Gasteiger partial charge is 0.505 e. The highest BCUT2D eigenvalue weighted by Crippen LogP contribution is 2.38. The SMILES string of the molecule is C.Cc1ccc(-c2nn(C)c3ncnc(N)c23)cc1F.Cn1nc(-c2ccc(F)c(O)c2)c2c(N)ncnc21.Cn1nc(-c2cccc(F)c2)c2c(N)ncnc21.Cn1nc(-c2cccc3[nH]ncc23)c2c(N)ncnc21.Cn1nc(-c2ccccc2CO)c2c(N)ncnc21.Cn1nc(C#CC(C)(C)O)c2c(N)ncnc21.Cn1nc(CCCO)c2c(N)ncnc21. The molecule has 0 amide bonds. The maximum absolute atomic E-state index is 13.7. The Morgan fingerprint density at radius 1 is 0.414 bits per heavy atom. The van der Waals surface area contributed by atoms with Crippen molar-refractivity contribution < 1.29 is 33.6 Å². The quantitative estimate of drug-likeness (QED) is 0.0603. The van der Waals surface area contributed by atoms with E-state index in [1.807, 2.05) is 62.6 Å². The molecule has 0 aliphatic rings. The first-order chi connectivity index (χ1) is 60.9. The van der Waals surface area contributed by atoms with Crippen LogP contribution in [0.1, 0.15) is 50.2 Å². The summed E-state index contributed by atoms with van der Waals surface area (Å²) >= 11 is 0. The van der Waals surface area contributed by atoms with Gasteiger partial charge >= 0.3 is 0 Å². The number of aliphatic hydroxyl groups excluding tert-OH is 2. The molecule has 128 heavy (non-hydrogen) atoms. The molecule has 20 aromatic rings. The van der Waals surface area contributed by atoms with E-state index in [2.05, 4.69) is 128 Å². The lowest BCUT2D eigenvalue weighted by atomic mass is 10.0. The summed E-state index contributed by atoms with van der Waals surface area (Å²) in [6, 6.07) is 28.6. The fourth-order valence-corrected chi connectivity index (χ4v) is 13.7. The third-order valence-corrected chi connectivity index (χ3v) is 19.6. The molecule has 0 radical (unpaired) electrons. The lowest BCUT2D eigenvalue weighted by molar-refractivity contribution is 0.143. The summed E-state index contributed by atoms with van der Waals surface area (Å²) in [5, 5.41) is 80.5. The number of nitrogen functional groups attached to an aromatic ring is 7.